The Balaban J connectivity index is 2.68. The van der Waals surface area contributed by atoms with Gasteiger partial charge in [-0.3, -0.25) is 0 Å². The van der Waals surface area contributed by atoms with E-state index in [1.807, 2.05) is 6.92 Å². The molecule has 0 saturated carbocycles. The minimum Gasteiger partial charge on any atom is -0.367 e. The van der Waals surface area contributed by atoms with Gasteiger partial charge >= 0.3 is 0 Å². The van der Waals surface area contributed by atoms with Crippen molar-refractivity contribution in [3.63, 3.8) is 0 Å². The standard InChI is InChI=1S/C7H10FNO/c1-2-9-5-3-4-6(8)7(9)10/h3-5,7,10H,2H2,1H3. The lowest BCUT2D eigenvalue weighted by Gasteiger charge is -2.25. The van der Waals surface area contributed by atoms with Gasteiger partial charge in [0, 0.05) is 12.7 Å². The Hall–Kier alpha value is -0.830. The van der Waals surface area contributed by atoms with Gasteiger partial charge in [0.05, 0.1) is 0 Å². The third kappa shape index (κ3) is 1.19. The summed E-state index contributed by atoms with van der Waals surface area (Å²) in [5.41, 5.74) is 0. The van der Waals surface area contributed by atoms with Crippen LogP contribution in [0.4, 0.5) is 4.39 Å². The molecular formula is C7H10FNO. The van der Waals surface area contributed by atoms with E-state index in [4.69, 9.17) is 5.11 Å². The minimum absolute atomic E-state index is 0.496. The second-order valence-corrected chi connectivity index (χ2v) is 2.10. The summed E-state index contributed by atoms with van der Waals surface area (Å²) in [5.74, 6) is -0.496. The van der Waals surface area contributed by atoms with Crippen molar-refractivity contribution in [2.75, 3.05) is 6.54 Å². The fraction of sp³-hybridized carbons (Fsp3) is 0.429. The van der Waals surface area contributed by atoms with Crippen LogP contribution in [0.5, 0.6) is 0 Å². The Bertz CT molecular complexity index is 176. The average Bonchev–Trinajstić information content (AvgIpc) is 1.95. The zero-order chi connectivity index (χ0) is 7.56. The summed E-state index contributed by atoms with van der Waals surface area (Å²) in [5, 5.41) is 9.07. The Kier molecular flexibility index (Phi) is 2.06. The molecule has 10 heavy (non-hydrogen) atoms. The molecule has 0 saturated heterocycles. The largest absolute Gasteiger partial charge is 0.367 e. The Morgan fingerprint density at radius 3 is 3.00 bits per heavy atom. The molecular weight excluding hydrogens is 133 g/mol. The summed E-state index contributed by atoms with van der Waals surface area (Å²) in [7, 11) is 0. The van der Waals surface area contributed by atoms with E-state index in [-0.39, 0.29) is 0 Å². The molecule has 0 spiro atoms. The number of rotatable bonds is 1. The van der Waals surface area contributed by atoms with Gasteiger partial charge in [-0.05, 0) is 19.1 Å². The maximum absolute atomic E-state index is 12.5. The molecule has 1 heterocycles. The zero-order valence-corrected chi connectivity index (χ0v) is 5.79. The first-order valence-corrected chi connectivity index (χ1v) is 3.23. The fourth-order valence-electron chi connectivity index (χ4n) is 0.850. The molecule has 1 aliphatic heterocycles. The molecule has 0 amide bonds. The molecule has 0 aromatic carbocycles. The summed E-state index contributed by atoms with van der Waals surface area (Å²) in [4.78, 5) is 1.51. The molecule has 3 heteroatoms. The van der Waals surface area contributed by atoms with E-state index in [2.05, 4.69) is 0 Å². The van der Waals surface area contributed by atoms with Crippen LogP contribution < -0.4 is 0 Å². The third-order valence-electron chi connectivity index (χ3n) is 1.46. The lowest BCUT2D eigenvalue weighted by Crippen LogP contribution is -2.32. The van der Waals surface area contributed by atoms with E-state index in [0.29, 0.717) is 6.54 Å². The number of hydrogen-bond donors (Lipinski definition) is 1. The van der Waals surface area contributed by atoms with Crippen LogP contribution in [0.3, 0.4) is 0 Å². The normalized spacial score (nSPS) is 24.9. The third-order valence-corrected chi connectivity index (χ3v) is 1.46. The SMILES string of the molecule is CCN1C=CC=C(F)C1O. The fourth-order valence-corrected chi connectivity index (χ4v) is 0.850. The van der Waals surface area contributed by atoms with Crippen LogP contribution in [-0.4, -0.2) is 22.8 Å². The van der Waals surface area contributed by atoms with E-state index >= 15 is 0 Å². The van der Waals surface area contributed by atoms with Gasteiger partial charge in [-0.1, -0.05) is 0 Å². The van der Waals surface area contributed by atoms with Crippen LogP contribution in [0.1, 0.15) is 6.92 Å². The second kappa shape index (κ2) is 2.84. The highest BCUT2D eigenvalue weighted by Gasteiger charge is 2.16. The van der Waals surface area contributed by atoms with E-state index in [1.54, 1.807) is 12.3 Å². The van der Waals surface area contributed by atoms with Gasteiger partial charge in [0.2, 0.25) is 0 Å². The van der Waals surface area contributed by atoms with Crippen LogP contribution in [0.2, 0.25) is 0 Å². The van der Waals surface area contributed by atoms with E-state index in [0.717, 1.165) is 0 Å². The molecule has 0 bridgehead atoms. The molecule has 1 N–H and O–H groups in total. The van der Waals surface area contributed by atoms with Crippen molar-refractivity contribution >= 4 is 0 Å². The highest BCUT2D eigenvalue weighted by molar-refractivity contribution is 5.15. The molecule has 56 valence electrons. The van der Waals surface area contributed by atoms with Crippen LogP contribution in [0.15, 0.2) is 24.2 Å². The second-order valence-electron chi connectivity index (χ2n) is 2.10. The van der Waals surface area contributed by atoms with Gasteiger partial charge < -0.3 is 10.0 Å². The first kappa shape index (κ1) is 7.28. The van der Waals surface area contributed by atoms with Gasteiger partial charge in [-0.2, -0.15) is 0 Å². The van der Waals surface area contributed by atoms with Crippen molar-refractivity contribution in [1.82, 2.24) is 4.90 Å². The number of nitrogens with zero attached hydrogens (tertiary/aromatic N) is 1. The summed E-state index contributed by atoms with van der Waals surface area (Å²) in [6.45, 7) is 2.46. The van der Waals surface area contributed by atoms with Crippen molar-refractivity contribution < 1.29 is 9.50 Å². The van der Waals surface area contributed by atoms with Crippen molar-refractivity contribution in [3.05, 3.63) is 24.2 Å². The molecule has 2 nitrogen and oxygen atoms in total. The number of likely N-dealkylation sites (N-methyl/N-ethyl adjacent to an activating group) is 1. The molecule has 0 aromatic rings. The van der Waals surface area contributed by atoms with E-state index in [1.165, 1.54) is 11.0 Å². The molecule has 1 atom stereocenters. The van der Waals surface area contributed by atoms with E-state index < -0.39 is 12.1 Å². The van der Waals surface area contributed by atoms with E-state index in [9.17, 15) is 4.39 Å². The smallest absolute Gasteiger partial charge is 0.179 e. The molecule has 1 unspecified atom stereocenters. The molecule has 0 aliphatic carbocycles. The van der Waals surface area contributed by atoms with Crippen LogP contribution in [0, 0.1) is 0 Å². The highest BCUT2D eigenvalue weighted by atomic mass is 19.1. The van der Waals surface area contributed by atoms with Gasteiger partial charge in [-0.15, -0.1) is 0 Å². The molecule has 0 aromatic heterocycles. The molecule has 1 rings (SSSR count). The maximum Gasteiger partial charge on any atom is 0.179 e. The first-order valence-electron chi connectivity index (χ1n) is 3.23. The topological polar surface area (TPSA) is 23.5 Å². The first-order chi connectivity index (χ1) is 4.75. The predicted molar refractivity (Wildman–Crippen MR) is 36.7 cm³/mol. The van der Waals surface area contributed by atoms with Gasteiger partial charge in [-0.25, -0.2) is 4.39 Å². The summed E-state index contributed by atoms with van der Waals surface area (Å²) >= 11 is 0. The van der Waals surface area contributed by atoms with Crippen molar-refractivity contribution in [2.24, 2.45) is 0 Å². The number of allylic oxidation sites excluding steroid dienone is 2. The number of halogens is 1. The van der Waals surface area contributed by atoms with Crippen molar-refractivity contribution in [3.8, 4) is 0 Å². The van der Waals surface area contributed by atoms with Crippen LogP contribution in [0.25, 0.3) is 0 Å². The summed E-state index contributed by atoms with van der Waals surface area (Å²) in [6, 6.07) is 0. The van der Waals surface area contributed by atoms with Crippen LogP contribution in [-0.2, 0) is 0 Å². The molecule has 1 aliphatic rings. The van der Waals surface area contributed by atoms with Crippen molar-refractivity contribution in [1.29, 1.82) is 0 Å². The molecule has 0 radical (unpaired) electrons. The molecule has 0 fully saturated rings. The maximum atomic E-state index is 12.5. The number of hydrogen-bond acceptors (Lipinski definition) is 2. The lowest BCUT2D eigenvalue weighted by atomic mass is 10.3. The van der Waals surface area contributed by atoms with Crippen LogP contribution >= 0.6 is 0 Å². The quantitative estimate of drug-likeness (QED) is 0.592. The minimum atomic E-state index is -1.07. The lowest BCUT2D eigenvalue weighted by molar-refractivity contribution is 0.0513. The summed E-state index contributed by atoms with van der Waals surface area (Å²) < 4.78 is 12.5. The monoisotopic (exact) mass is 143 g/mol. The Labute approximate surface area is 59.3 Å². The van der Waals surface area contributed by atoms with Crippen molar-refractivity contribution in [2.45, 2.75) is 13.2 Å². The van der Waals surface area contributed by atoms with Gasteiger partial charge in [0.1, 0.15) is 5.83 Å². The Morgan fingerprint density at radius 1 is 1.80 bits per heavy atom. The summed E-state index contributed by atoms with van der Waals surface area (Å²) in [6.07, 6.45) is 3.42. The highest BCUT2D eigenvalue weighted by Crippen LogP contribution is 2.13. The number of aliphatic hydroxyl groups excluding tert-OH is 1. The predicted octanol–water partition coefficient (Wildman–Crippen LogP) is 1.01. The Morgan fingerprint density at radius 2 is 2.50 bits per heavy atom. The average molecular weight is 143 g/mol. The van der Waals surface area contributed by atoms with Gasteiger partial charge in [0.25, 0.3) is 0 Å². The number of aliphatic hydroxyl groups is 1. The zero-order valence-electron chi connectivity index (χ0n) is 5.79. The van der Waals surface area contributed by atoms with Gasteiger partial charge in [0.15, 0.2) is 6.23 Å².